The van der Waals surface area contributed by atoms with Crippen LogP contribution < -0.4 is 5.32 Å². The van der Waals surface area contributed by atoms with Crippen LogP contribution >= 0.6 is 11.8 Å². The molecule has 5 heteroatoms. The van der Waals surface area contributed by atoms with Gasteiger partial charge in [0.25, 0.3) is 5.91 Å². The van der Waals surface area contributed by atoms with E-state index < -0.39 is 0 Å². The van der Waals surface area contributed by atoms with Crippen molar-refractivity contribution < 1.29 is 14.3 Å². The Balaban J connectivity index is 2.82. The number of aliphatic hydroxyl groups is 1. The lowest BCUT2D eigenvalue weighted by atomic mass is 10.1. The maximum atomic E-state index is 13.2. The Morgan fingerprint density at radius 1 is 1.59 bits per heavy atom. The molecule has 0 radical (unpaired) electrons. The number of amides is 1. The summed E-state index contributed by atoms with van der Waals surface area (Å²) in [6.07, 6.45) is 2.40. The summed E-state index contributed by atoms with van der Waals surface area (Å²) in [6.45, 7) is 1.78. The van der Waals surface area contributed by atoms with Gasteiger partial charge in [0.05, 0.1) is 12.6 Å². The maximum absolute atomic E-state index is 13.2. The fourth-order valence-electron chi connectivity index (χ4n) is 1.35. The standard InChI is InChI=1S/C12H16FNO2S/c1-3-9(7-15)14-12(16)8-4-5-10(13)11(6-8)17-2/h4-6,9,15H,3,7H2,1-2H3,(H,14,16). The van der Waals surface area contributed by atoms with E-state index in [9.17, 15) is 9.18 Å². The number of benzene rings is 1. The van der Waals surface area contributed by atoms with Crippen molar-refractivity contribution in [2.24, 2.45) is 0 Å². The summed E-state index contributed by atoms with van der Waals surface area (Å²) in [6, 6.07) is 3.97. The maximum Gasteiger partial charge on any atom is 0.251 e. The van der Waals surface area contributed by atoms with Crippen LogP contribution in [0.25, 0.3) is 0 Å². The van der Waals surface area contributed by atoms with Crippen molar-refractivity contribution in [3.8, 4) is 0 Å². The lowest BCUT2D eigenvalue weighted by Crippen LogP contribution is -2.36. The van der Waals surface area contributed by atoms with E-state index in [-0.39, 0.29) is 24.4 Å². The molecular weight excluding hydrogens is 241 g/mol. The van der Waals surface area contributed by atoms with Crippen molar-refractivity contribution >= 4 is 17.7 Å². The van der Waals surface area contributed by atoms with Crippen LogP contribution in [0.2, 0.25) is 0 Å². The average Bonchev–Trinajstić information content (AvgIpc) is 2.36. The molecule has 0 fully saturated rings. The lowest BCUT2D eigenvalue weighted by molar-refractivity contribution is 0.0914. The number of carbonyl (C=O) groups excluding carboxylic acids is 1. The normalized spacial score (nSPS) is 12.2. The fraction of sp³-hybridized carbons (Fsp3) is 0.417. The van der Waals surface area contributed by atoms with Gasteiger partial charge in [0.15, 0.2) is 0 Å². The van der Waals surface area contributed by atoms with E-state index >= 15 is 0 Å². The third-order valence-electron chi connectivity index (χ3n) is 2.46. The molecule has 1 amide bonds. The van der Waals surface area contributed by atoms with Crippen LogP contribution in [-0.4, -0.2) is 29.9 Å². The first kappa shape index (κ1) is 14.0. The molecule has 3 nitrogen and oxygen atoms in total. The topological polar surface area (TPSA) is 49.3 Å². The zero-order chi connectivity index (χ0) is 12.8. The van der Waals surface area contributed by atoms with Gasteiger partial charge in [0.2, 0.25) is 0 Å². The molecule has 0 saturated carbocycles. The average molecular weight is 257 g/mol. The fourth-order valence-corrected chi connectivity index (χ4v) is 1.85. The minimum absolute atomic E-state index is 0.0984. The molecule has 2 N–H and O–H groups in total. The van der Waals surface area contributed by atoms with Gasteiger partial charge in [-0.15, -0.1) is 11.8 Å². The molecule has 0 aliphatic rings. The van der Waals surface area contributed by atoms with Crippen LogP contribution in [0.5, 0.6) is 0 Å². The van der Waals surface area contributed by atoms with Crippen LogP contribution in [0.1, 0.15) is 23.7 Å². The number of nitrogens with one attached hydrogen (secondary N) is 1. The molecule has 17 heavy (non-hydrogen) atoms. The van der Waals surface area contributed by atoms with Gasteiger partial charge in [-0.05, 0) is 30.9 Å². The van der Waals surface area contributed by atoms with Gasteiger partial charge in [0.1, 0.15) is 5.82 Å². The van der Waals surface area contributed by atoms with Crippen LogP contribution in [0.3, 0.4) is 0 Å². The second-order valence-corrected chi connectivity index (χ2v) is 4.46. The quantitative estimate of drug-likeness (QED) is 0.794. The monoisotopic (exact) mass is 257 g/mol. The molecule has 1 unspecified atom stereocenters. The van der Waals surface area contributed by atoms with Crippen molar-refractivity contribution in [3.63, 3.8) is 0 Å². The SMILES string of the molecule is CCC(CO)NC(=O)c1ccc(F)c(SC)c1. The highest BCUT2D eigenvalue weighted by Crippen LogP contribution is 2.20. The predicted octanol–water partition coefficient (Wildman–Crippen LogP) is 2.05. The number of hydrogen-bond donors (Lipinski definition) is 2. The second kappa shape index (κ2) is 6.61. The lowest BCUT2D eigenvalue weighted by Gasteiger charge is -2.14. The summed E-state index contributed by atoms with van der Waals surface area (Å²) in [5.41, 5.74) is 0.405. The zero-order valence-corrected chi connectivity index (χ0v) is 10.7. The molecule has 0 aromatic heterocycles. The molecule has 1 rings (SSSR count). The molecule has 0 saturated heterocycles. The first-order valence-corrected chi connectivity index (χ1v) is 6.60. The summed E-state index contributed by atoms with van der Waals surface area (Å²) >= 11 is 1.25. The molecule has 1 aromatic carbocycles. The van der Waals surface area contributed by atoms with E-state index in [4.69, 9.17) is 5.11 Å². The van der Waals surface area contributed by atoms with Crippen molar-refractivity contribution in [2.75, 3.05) is 12.9 Å². The highest BCUT2D eigenvalue weighted by Gasteiger charge is 2.12. The van der Waals surface area contributed by atoms with Crippen LogP contribution in [-0.2, 0) is 0 Å². The van der Waals surface area contributed by atoms with Crippen molar-refractivity contribution in [1.82, 2.24) is 5.32 Å². The number of aliphatic hydroxyl groups excluding tert-OH is 1. The van der Waals surface area contributed by atoms with E-state index in [1.54, 1.807) is 6.26 Å². The van der Waals surface area contributed by atoms with Gasteiger partial charge in [-0.1, -0.05) is 6.92 Å². The first-order chi connectivity index (χ1) is 8.12. The predicted molar refractivity (Wildman–Crippen MR) is 66.8 cm³/mol. The van der Waals surface area contributed by atoms with Crippen molar-refractivity contribution in [1.29, 1.82) is 0 Å². The molecular formula is C12H16FNO2S. The summed E-state index contributed by atoms with van der Waals surface area (Å²) in [5.74, 6) is -0.621. The summed E-state index contributed by atoms with van der Waals surface area (Å²) in [7, 11) is 0. The highest BCUT2D eigenvalue weighted by atomic mass is 32.2. The van der Waals surface area contributed by atoms with Gasteiger partial charge < -0.3 is 10.4 Å². The number of rotatable bonds is 5. The van der Waals surface area contributed by atoms with E-state index in [0.29, 0.717) is 16.9 Å². The third-order valence-corrected chi connectivity index (χ3v) is 3.21. The summed E-state index contributed by atoms with van der Waals surface area (Å²) < 4.78 is 13.2. The highest BCUT2D eigenvalue weighted by molar-refractivity contribution is 7.98. The molecule has 0 aliphatic heterocycles. The molecule has 0 heterocycles. The van der Waals surface area contributed by atoms with E-state index in [2.05, 4.69) is 5.32 Å². The molecule has 1 atom stereocenters. The number of thioether (sulfide) groups is 1. The smallest absolute Gasteiger partial charge is 0.251 e. The Hall–Kier alpha value is -1.07. The molecule has 1 aromatic rings. The van der Waals surface area contributed by atoms with Crippen LogP contribution in [0.4, 0.5) is 4.39 Å². The third kappa shape index (κ3) is 3.71. The minimum Gasteiger partial charge on any atom is -0.394 e. The second-order valence-electron chi connectivity index (χ2n) is 3.61. The minimum atomic E-state index is -0.330. The number of hydrogen-bond acceptors (Lipinski definition) is 3. The summed E-state index contributed by atoms with van der Waals surface area (Å²) in [4.78, 5) is 12.2. The van der Waals surface area contributed by atoms with Crippen LogP contribution in [0.15, 0.2) is 23.1 Å². The van der Waals surface area contributed by atoms with Crippen molar-refractivity contribution in [3.05, 3.63) is 29.6 Å². The van der Waals surface area contributed by atoms with E-state index in [0.717, 1.165) is 0 Å². The van der Waals surface area contributed by atoms with Gasteiger partial charge in [-0.25, -0.2) is 4.39 Å². The Morgan fingerprint density at radius 3 is 2.82 bits per heavy atom. The largest absolute Gasteiger partial charge is 0.394 e. The summed E-state index contributed by atoms with van der Waals surface area (Å²) in [5, 5.41) is 11.7. The first-order valence-electron chi connectivity index (χ1n) is 5.37. The Morgan fingerprint density at radius 2 is 2.29 bits per heavy atom. The number of halogens is 1. The zero-order valence-electron chi connectivity index (χ0n) is 9.87. The van der Waals surface area contributed by atoms with Gasteiger partial charge in [-0.3, -0.25) is 4.79 Å². The Kier molecular flexibility index (Phi) is 5.44. The van der Waals surface area contributed by atoms with E-state index in [1.807, 2.05) is 6.92 Å². The van der Waals surface area contributed by atoms with Gasteiger partial charge >= 0.3 is 0 Å². The molecule has 0 spiro atoms. The molecule has 0 aliphatic carbocycles. The van der Waals surface area contributed by atoms with Crippen molar-refractivity contribution in [2.45, 2.75) is 24.3 Å². The number of carbonyl (C=O) groups is 1. The van der Waals surface area contributed by atoms with Gasteiger partial charge in [0, 0.05) is 10.5 Å². The molecule has 94 valence electrons. The Bertz CT molecular complexity index is 394. The van der Waals surface area contributed by atoms with Gasteiger partial charge in [-0.2, -0.15) is 0 Å². The van der Waals surface area contributed by atoms with Crippen LogP contribution in [0, 0.1) is 5.82 Å². The Labute approximate surface area is 104 Å². The van der Waals surface area contributed by atoms with E-state index in [1.165, 1.54) is 30.0 Å². The molecule has 0 bridgehead atoms.